The molecule has 0 saturated carbocycles. The van der Waals surface area contributed by atoms with Gasteiger partial charge in [-0.25, -0.2) is 4.68 Å². The third kappa shape index (κ3) is 1.66. The SMILES string of the molecule is CC(=O)c1nnn(-c2ccccc2)c1C. The highest BCUT2D eigenvalue weighted by Gasteiger charge is 2.12. The number of aromatic nitrogens is 3. The number of rotatable bonds is 2. The molecule has 2 aromatic rings. The lowest BCUT2D eigenvalue weighted by Crippen LogP contribution is -2.00. The topological polar surface area (TPSA) is 47.8 Å². The fraction of sp³-hybridized carbons (Fsp3) is 0.182. The summed E-state index contributed by atoms with van der Waals surface area (Å²) in [6.45, 7) is 3.33. The molecule has 0 amide bonds. The summed E-state index contributed by atoms with van der Waals surface area (Å²) in [4.78, 5) is 11.2. The van der Waals surface area contributed by atoms with Gasteiger partial charge in [-0.15, -0.1) is 5.10 Å². The monoisotopic (exact) mass is 201 g/mol. The molecule has 0 aliphatic rings. The van der Waals surface area contributed by atoms with Crippen LogP contribution in [0.3, 0.4) is 0 Å². The van der Waals surface area contributed by atoms with E-state index in [1.165, 1.54) is 6.92 Å². The summed E-state index contributed by atoms with van der Waals surface area (Å²) in [5.41, 5.74) is 2.11. The van der Waals surface area contributed by atoms with Crippen molar-refractivity contribution in [3.05, 3.63) is 41.7 Å². The number of benzene rings is 1. The van der Waals surface area contributed by atoms with Crippen molar-refractivity contribution in [2.45, 2.75) is 13.8 Å². The first-order valence-corrected chi connectivity index (χ1v) is 4.69. The average Bonchev–Trinajstić information content (AvgIpc) is 2.61. The molecule has 4 heteroatoms. The Kier molecular flexibility index (Phi) is 2.33. The van der Waals surface area contributed by atoms with Crippen LogP contribution in [-0.2, 0) is 0 Å². The van der Waals surface area contributed by atoms with E-state index in [0.717, 1.165) is 11.4 Å². The Morgan fingerprint density at radius 2 is 1.93 bits per heavy atom. The van der Waals surface area contributed by atoms with Crippen LogP contribution in [0.5, 0.6) is 0 Å². The molecule has 0 aliphatic carbocycles. The van der Waals surface area contributed by atoms with Gasteiger partial charge in [0.1, 0.15) is 0 Å². The van der Waals surface area contributed by atoms with Crippen molar-refractivity contribution in [3.63, 3.8) is 0 Å². The van der Waals surface area contributed by atoms with Crippen LogP contribution in [-0.4, -0.2) is 20.8 Å². The lowest BCUT2D eigenvalue weighted by molar-refractivity contribution is 0.101. The number of hydrogen-bond donors (Lipinski definition) is 0. The molecule has 15 heavy (non-hydrogen) atoms. The van der Waals surface area contributed by atoms with E-state index in [9.17, 15) is 4.79 Å². The second kappa shape index (κ2) is 3.65. The van der Waals surface area contributed by atoms with Crippen molar-refractivity contribution in [1.82, 2.24) is 15.0 Å². The number of hydrogen-bond acceptors (Lipinski definition) is 3. The number of para-hydroxylation sites is 1. The van der Waals surface area contributed by atoms with Gasteiger partial charge in [0, 0.05) is 6.92 Å². The van der Waals surface area contributed by atoms with Gasteiger partial charge in [-0.2, -0.15) is 0 Å². The normalized spacial score (nSPS) is 10.3. The van der Waals surface area contributed by atoms with Gasteiger partial charge in [0.2, 0.25) is 0 Å². The summed E-state index contributed by atoms with van der Waals surface area (Å²) >= 11 is 0. The maximum atomic E-state index is 11.2. The summed E-state index contributed by atoms with van der Waals surface area (Å²) in [7, 11) is 0. The molecule has 1 aromatic carbocycles. The zero-order valence-electron chi connectivity index (χ0n) is 8.64. The van der Waals surface area contributed by atoms with Crippen molar-refractivity contribution in [3.8, 4) is 5.69 Å². The largest absolute Gasteiger partial charge is 0.293 e. The number of nitrogens with zero attached hydrogens (tertiary/aromatic N) is 3. The zero-order chi connectivity index (χ0) is 10.8. The molecule has 0 N–H and O–H groups in total. The minimum atomic E-state index is -0.0605. The molecule has 0 saturated heterocycles. The fourth-order valence-electron chi connectivity index (χ4n) is 1.47. The van der Waals surface area contributed by atoms with Crippen LogP contribution in [0.25, 0.3) is 5.69 Å². The fourth-order valence-corrected chi connectivity index (χ4v) is 1.47. The molecular weight excluding hydrogens is 190 g/mol. The van der Waals surface area contributed by atoms with E-state index in [0.29, 0.717) is 5.69 Å². The summed E-state index contributed by atoms with van der Waals surface area (Å²) in [5, 5.41) is 7.81. The van der Waals surface area contributed by atoms with Crippen molar-refractivity contribution in [1.29, 1.82) is 0 Å². The average molecular weight is 201 g/mol. The van der Waals surface area contributed by atoms with Crippen LogP contribution in [0.4, 0.5) is 0 Å². The molecule has 0 spiro atoms. The van der Waals surface area contributed by atoms with E-state index in [1.807, 2.05) is 37.3 Å². The molecule has 0 atom stereocenters. The van der Waals surface area contributed by atoms with Crippen LogP contribution in [0.2, 0.25) is 0 Å². The Balaban J connectivity index is 2.52. The highest BCUT2D eigenvalue weighted by molar-refractivity contribution is 5.93. The lowest BCUT2D eigenvalue weighted by atomic mass is 10.2. The third-order valence-electron chi connectivity index (χ3n) is 2.23. The Morgan fingerprint density at radius 1 is 1.27 bits per heavy atom. The predicted octanol–water partition coefficient (Wildman–Crippen LogP) is 1.78. The Labute approximate surface area is 87.5 Å². The molecule has 0 fully saturated rings. The first-order valence-electron chi connectivity index (χ1n) is 4.69. The van der Waals surface area contributed by atoms with Crippen LogP contribution in [0.15, 0.2) is 30.3 Å². The molecule has 0 unspecified atom stereocenters. The van der Waals surface area contributed by atoms with Crippen LogP contribution in [0, 0.1) is 6.92 Å². The number of ketones is 1. The summed E-state index contributed by atoms with van der Waals surface area (Å²) in [6.07, 6.45) is 0. The number of carbonyl (C=O) groups excluding carboxylic acids is 1. The molecule has 0 aliphatic heterocycles. The molecule has 1 aromatic heterocycles. The van der Waals surface area contributed by atoms with E-state index in [-0.39, 0.29) is 5.78 Å². The zero-order valence-corrected chi connectivity index (χ0v) is 8.64. The van der Waals surface area contributed by atoms with Crippen LogP contribution >= 0.6 is 0 Å². The van der Waals surface area contributed by atoms with E-state index in [1.54, 1.807) is 4.68 Å². The van der Waals surface area contributed by atoms with Gasteiger partial charge in [0.25, 0.3) is 0 Å². The molecule has 0 bridgehead atoms. The molecular formula is C11H11N3O. The van der Waals surface area contributed by atoms with Gasteiger partial charge >= 0.3 is 0 Å². The highest BCUT2D eigenvalue weighted by atomic mass is 16.1. The molecule has 4 nitrogen and oxygen atoms in total. The Bertz CT molecular complexity index is 488. The molecule has 2 rings (SSSR count). The van der Waals surface area contributed by atoms with Crippen molar-refractivity contribution in [2.75, 3.05) is 0 Å². The van der Waals surface area contributed by atoms with Crippen molar-refractivity contribution in [2.24, 2.45) is 0 Å². The van der Waals surface area contributed by atoms with Crippen molar-refractivity contribution >= 4 is 5.78 Å². The maximum absolute atomic E-state index is 11.2. The standard InChI is InChI=1S/C11H11N3O/c1-8-11(9(2)15)12-13-14(8)10-6-4-3-5-7-10/h3-7H,1-2H3. The van der Waals surface area contributed by atoms with Crippen molar-refractivity contribution < 1.29 is 4.79 Å². The second-order valence-corrected chi connectivity index (χ2v) is 3.33. The van der Waals surface area contributed by atoms with Gasteiger partial charge < -0.3 is 0 Å². The van der Waals surface area contributed by atoms with Gasteiger partial charge in [0.15, 0.2) is 11.5 Å². The Hall–Kier alpha value is -1.97. The molecule has 0 radical (unpaired) electrons. The first-order chi connectivity index (χ1) is 7.20. The summed E-state index contributed by atoms with van der Waals surface area (Å²) < 4.78 is 1.66. The van der Waals surface area contributed by atoms with E-state index >= 15 is 0 Å². The molecule has 1 heterocycles. The quantitative estimate of drug-likeness (QED) is 0.696. The third-order valence-corrected chi connectivity index (χ3v) is 2.23. The molecule has 76 valence electrons. The van der Waals surface area contributed by atoms with Gasteiger partial charge in [0.05, 0.1) is 11.4 Å². The maximum Gasteiger partial charge on any atom is 0.181 e. The smallest absolute Gasteiger partial charge is 0.181 e. The minimum Gasteiger partial charge on any atom is -0.293 e. The van der Waals surface area contributed by atoms with Crippen LogP contribution < -0.4 is 0 Å². The van der Waals surface area contributed by atoms with E-state index < -0.39 is 0 Å². The summed E-state index contributed by atoms with van der Waals surface area (Å²) in [6, 6.07) is 9.62. The first kappa shape index (κ1) is 9.58. The van der Waals surface area contributed by atoms with Gasteiger partial charge in [-0.05, 0) is 19.1 Å². The second-order valence-electron chi connectivity index (χ2n) is 3.33. The van der Waals surface area contributed by atoms with E-state index in [4.69, 9.17) is 0 Å². The summed E-state index contributed by atoms with van der Waals surface area (Å²) in [5.74, 6) is -0.0605. The number of carbonyl (C=O) groups is 1. The van der Waals surface area contributed by atoms with Gasteiger partial charge in [-0.1, -0.05) is 23.4 Å². The predicted molar refractivity (Wildman–Crippen MR) is 56.1 cm³/mol. The Morgan fingerprint density at radius 3 is 2.47 bits per heavy atom. The van der Waals surface area contributed by atoms with Gasteiger partial charge in [-0.3, -0.25) is 4.79 Å². The minimum absolute atomic E-state index is 0.0605. The highest BCUT2D eigenvalue weighted by Crippen LogP contribution is 2.11. The lowest BCUT2D eigenvalue weighted by Gasteiger charge is -2.01. The van der Waals surface area contributed by atoms with Crippen LogP contribution in [0.1, 0.15) is 23.1 Å². The van der Waals surface area contributed by atoms with E-state index in [2.05, 4.69) is 10.3 Å². The number of Topliss-reactive ketones (excluding diaryl/α,β-unsaturated/α-hetero) is 1.